The summed E-state index contributed by atoms with van der Waals surface area (Å²) in [5.41, 5.74) is 5.93. The van der Waals surface area contributed by atoms with E-state index in [0.717, 1.165) is 38.8 Å². The van der Waals surface area contributed by atoms with Crippen molar-refractivity contribution in [2.45, 2.75) is 31.8 Å². The van der Waals surface area contributed by atoms with E-state index in [1.807, 2.05) is 7.05 Å². The molecule has 1 heterocycles. The minimum atomic E-state index is -0.191. The van der Waals surface area contributed by atoms with E-state index < -0.39 is 0 Å². The smallest absolute Gasteiger partial charge is 0.251 e. The van der Waals surface area contributed by atoms with Crippen molar-refractivity contribution in [3.63, 3.8) is 0 Å². The second-order valence-corrected chi connectivity index (χ2v) is 4.90. The summed E-state index contributed by atoms with van der Waals surface area (Å²) in [5, 5.41) is 0. The first kappa shape index (κ1) is 10.9. The first-order valence-corrected chi connectivity index (χ1v) is 5.73. The summed E-state index contributed by atoms with van der Waals surface area (Å²) in [4.78, 5) is 13.7. The maximum atomic E-state index is 11.9. The average molecular weight is 212 g/mol. The van der Waals surface area contributed by atoms with Crippen LogP contribution in [0.1, 0.15) is 25.7 Å². The Morgan fingerprint density at radius 2 is 2.33 bits per heavy atom. The van der Waals surface area contributed by atoms with Gasteiger partial charge in [0.05, 0.1) is 0 Å². The highest BCUT2D eigenvalue weighted by molar-refractivity contribution is 5.81. The van der Waals surface area contributed by atoms with Gasteiger partial charge in [-0.15, -0.1) is 0 Å². The number of ether oxygens (including phenoxy) is 1. The number of nitrogens with zero attached hydrogens (tertiary/aromatic N) is 1. The maximum absolute atomic E-state index is 11.9. The number of hydrogen-bond donors (Lipinski definition) is 1. The van der Waals surface area contributed by atoms with Crippen molar-refractivity contribution in [3.05, 3.63) is 0 Å². The fourth-order valence-corrected chi connectivity index (χ4v) is 2.20. The SMILES string of the molecule is CN(CC1(CN)CC1)C(=O)C1CCCO1. The number of likely N-dealkylation sites (N-methyl/N-ethyl adjacent to an activating group) is 1. The minimum Gasteiger partial charge on any atom is -0.368 e. The Morgan fingerprint density at radius 1 is 1.60 bits per heavy atom. The van der Waals surface area contributed by atoms with Gasteiger partial charge in [-0.1, -0.05) is 0 Å². The number of rotatable bonds is 4. The van der Waals surface area contributed by atoms with Gasteiger partial charge in [0.15, 0.2) is 0 Å². The fraction of sp³-hybridized carbons (Fsp3) is 0.909. The molecule has 1 saturated carbocycles. The van der Waals surface area contributed by atoms with E-state index in [2.05, 4.69) is 0 Å². The van der Waals surface area contributed by atoms with Gasteiger partial charge in [0.1, 0.15) is 6.10 Å². The van der Waals surface area contributed by atoms with Crippen LogP contribution in [0.2, 0.25) is 0 Å². The third-order valence-electron chi connectivity index (χ3n) is 3.54. The molecule has 1 atom stereocenters. The van der Waals surface area contributed by atoms with Gasteiger partial charge >= 0.3 is 0 Å². The van der Waals surface area contributed by atoms with Gasteiger partial charge < -0.3 is 15.4 Å². The van der Waals surface area contributed by atoms with Gasteiger partial charge in [-0.05, 0) is 32.2 Å². The van der Waals surface area contributed by atoms with Crippen LogP contribution in [0.5, 0.6) is 0 Å². The molecule has 2 aliphatic rings. The largest absolute Gasteiger partial charge is 0.368 e. The molecule has 0 spiro atoms. The molecule has 15 heavy (non-hydrogen) atoms. The van der Waals surface area contributed by atoms with E-state index in [1.54, 1.807) is 4.90 Å². The zero-order valence-corrected chi connectivity index (χ0v) is 9.37. The molecule has 1 unspecified atom stereocenters. The summed E-state index contributed by atoms with van der Waals surface area (Å²) in [7, 11) is 1.86. The third-order valence-corrected chi connectivity index (χ3v) is 3.54. The molecule has 2 fully saturated rings. The summed E-state index contributed by atoms with van der Waals surface area (Å²) in [6.45, 7) is 2.21. The van der Waals surface area contributed by atoms with Crippen molar-refractivity contribution < 1.29 is 9.53 Å². The van der Waals surface area contributed by atoms with E-state index in [1.165, 1.54) is 0 Å². The Bertz CT molecular complexity index is 245. The lowest BCUT2D eigenvalue weighted by Crippen LogP contribution is -2.41. The van der Waals surface area contributed by atoms with Gasteiger partial charge in [-0.3, -0.25) is 4.79 Å². The van der Waals surface area contributed by atoms with Crippen LogP contribution in [0.25, 0.3) is 0 Å². The van der Waals surface area contributed by atoms with Crippen molar-refractivity contribution in [1.29, 1.82) is 0 Å². The molecule has 1 aliphatic heterocycles. The van der Waals surface area contributed by atoms with Gasteiger partial charge in [0.25, 0.3) is 5.91 Å². The summed E-state index contributed by atoms with van der Waals surface area (Å²) in [6.07, 6.45) is 4.01. The standard InChI is InChI=1S/C11H20N2O2/c1-13(8-11(7-12)4-5-11)10(14)9-3-2-6-15-9/h9H,2-8,12H2,1H3. The molecule has 0 bridgehead atoms. The molecule has 0 aromatic carbocycles. The lowest BCUT2D eigenvalue weighted by Gasteiger charge is -2.25. The highest BCUT2D eigenvalue weighted by Gasteiger charge is 2.43. The van der Waals surface area contributed by atoms with Crippen molar-refractivity contribution in [2.24, 2.45) is 11.1 Å². The number of carbonyl (C=O) groups is 1. The van der Waals surface area contributed by atoms with E-state index in [4.69, 9.17) is 10.5 Å². The number of carbonyl (C=O) groups excluding carboxylic acids is 1. The van der Waals surface area contributed by atoms with E-state index >= 15 is 0 Å². The second-order valence-electron chi connectivity index (χ2n) is 4.90. The molecule has 1 amide bonds. The van der Waals surface area contributed by atoms with E-state index in [-0.39, 0.29) is 17.4 Å². The second kappa shape index (κ2) is 4.10. The molecule has 4 nitrogen and oxygen atoms in total. The van der Waals surface area contributed by atoms with Crippen LogP contribution >= 0.6 is 0 Å². The lowest BCUT2D eigenvalue weighted by atomic mass is 10.1. The molecule has 2 N–H and O–H groups in total. The van der Waals surface area contributed by atoms with Crippen LogP contribution in [-0.2, 0) is 9.53 Å². The van der Waals surface area contributed by atoms with Crippen LogP contribution in [-0.4, -0.2) is 43.7 Å². The van der Waals surface area contributed by atoms with Gasteiger partial charge in [-0.2, -0.15) is 0 Å². The van der Waals surface area contributed by atoms with Crippen molar-refractivity contribution in [2.75, 3.05) is 26.7 Å². The third kappa shape index (κ3) is 2.32. The highest BCUT2D eigenvalue weighted by Crippen LogP contribution is 2.45. The van der Waals surface area contributed by atoms with Crippen molar-refractivity contribution in [1.82, 2.24) is 4.90 Å². The quantitative estimate of drug-likeness (QED) is 0.732. The molecule has 0 radical (unpaired) electrons. The predicted octanol–water partition coefficient (Wildman–Crippen LogP) is 0.363. The molecule has 1 aliphatic carbocycles. The molecule has 0 aromatic rings. The van der Waals surface area contributed by atoms with Gasteiger partial charge in [-0.25, -0.2) is 0 Å². The van der Waals surface area contributed by atoms with Crippen molar-refractivity contribution in [3.8, 4) is 0 Å². The molecule has 2 rings (SSSR count). The molecule has 4 heteroatoms. The Labute approximate surface area is 90.8 Å². The molecule has 86 valence electrons. The summed E-state index contributed by atoms with van der Waals surface area (Å²) in [5.74, 6) is 0.132. The zero-order valence-electron chi connectivity index (χ0n) is 9.37. The summed E-state index contributed by atoms with van der Waals surface area (Å²) >= 11 is 0. The Kier molecular flexibility index (Phi) is 2.98. The fourth-order valence-electron chi connectivity index (χ4n) is 2.20. The summed E-state index contributed by atoms with van der Waals surface area (Å²) < 4.78 is 5.38. The van der Waals surface area contributed by atoms with Crippen molar-refractivity contribution >= 4 is 5.91 Å². The van der Waals surface area contributed by atoms with Gasteiger partial charge in [0.2, 0.25) is 0 Å². The first-order chi connectivity index (χ1) is 7.17. The van der Waals surface area contributed by atoms with Crippen LogP contribution in [0, 0.1) is 5.41 Å². The Hall–Kier alpha value is -0.610. The topological polar surface area (TPSA) is 55.6 Å². The molecule has 1 saturated heterocycles. The predicted molar refractivity (Wildman–Crippen MR) is 57.3 cm³/mol. The molecular weight excluding hydrogens is 192 g/mol. The van der Waals surface area contributed by atoms with Crippen LogP contribution in [0.3, 0.4) is 0 Å². The summed E-state index contributed by atoms with van der Waals surface area (Å²) in [6, 6.07) is 0. The van der Waals surface area contributed by atoms with Crippen LogP contribution in [0.4, 0.5) is 0 Å². The number of hydrogen-bond acceptors (Lipinski definition) is 3. The van der Waals surface area contributed by atoms with Crippen LogP contribution < -0.4 is 5.73 Å². The Balaban J connectivity index is 1.84. The van der Waals surface area contributed by atoms with Gasteiger partial charge in [0, 0.05) is 25.6 Å². The van der Waals surface area contributed by atoms with E-state index in [0.29, 0.717) is 6.54 Å². The Morgan fingerprint density at radius 3 is 2.80 bits per heavy atom. The molecule has 0 aromatic heterocycles. The minimum absolute atomic E-state index is 0.132. The number of nitrogens with two attached hydrogens (primary N) is 1. The normalized spacial score (nSPS) is 27.7. The maximum Gasteiger partial charge on any atom is 0.251 e. The molecular formula is C11H20N2O2. The highest BCUT2D eigenvalue weighted by atomic mass is 16.5. The first-order valence-electron chi connectivity index (χ1n) is 5.73. The van der Waals surface area contributed by atoms with E-state index in [9.17, 15) is 4.79 Å². The average Bonchev–Trinajstić information content (AvgIpc) is 2.81. The zero-order chi connectivity index (χ0) is 10.9. The monoisotopic (exact) mass is 212 g/mol. The lowest BCUT2D eigenvalue weighted by molar-refractivity contribution is -0.140. The number of amides is 1. The van der Waals surface area contributed by atoms with Crippen LogP contribution in [0.15, 0.2) is 0 Å².